The lowest BCUT2D eigenvalue weighted by molar-refractivity contribution is -0.136. The van der Waals surface area contributed by atoms with Gasteiger partial charge in [0.1, 0.15) is 5.60 Å². The van der Waals surface area contributed by atoms with Gasteiger partial charge in [-0.1, -0.05) is 0 Å². The van der Waals surface area contributed by atoms with Crippen LogP contribution in [0.25, 0.3) is 0 Å². The van der Waals surface area contributed by atoms with Gasteiger partial charge in [0, 0.05) is 13.2 Å². The Bertz CT molecular complexity index is 140. The summed E-state index contributed by atoms with van der Waals surface area (Å²) in [6, 6.07) is 0. The molecule has 0 atom stereocenters. The Hall–Kier alpha value is -0.610. The molecule has 0 aliphatic heterocycles. The third kappa shape index (κ3) is 5.09. The minimum Gasteiger partial charge on any atom is -0.381 e. The Labute approximate surface area is 72.9 Å². The fraction of sp³-hybridized carbons (Fsp3) is 0.875. The first-order chi connectivity index (χ1) is 5.48. The van der Waals surface area contributed by atoms with E-state index in [2.05, 4.69) is 5.32 Å². The first-order valence-corrected chi connectivity index (χ1v) is 4.07. The summed E-state index contributed by atoms with van der Waals surface area (Å²) in [5.74, 6) is -0.373. The molecule has 0 rings (SSSR count). The van der Waals surface area contributed by atoms with Crippen LogP contribution in [0, 0.1) is 0 Å². The van der Waals surface area contributed by atoms with Crippen molar-refractivity contribution in [3.8, 4) is 0 Å². The van der Waals surface area contributed by atoms with Crippen LogP contribution in [0.2, 0.25) is 0 Å². The highest BCUT2D eigenvalue weighted by molar-refractivity contribution is 5.83. The van der Waals surface area contributed by atoms with E-state index in [9.17, 15) is 9.90 Å². The van der Waals surface area contributed by atoms with Crippen molar-refractivity contribution in [2.45, 2.75) is 26.4 Å². The first-order valence-electron chi connectivity index (χ1n) is 4.07. The summed E-state index contributed by atoms with van der Waals surface area (Å²) in [6.07, 6.45) is 0. The highest BCUT2D eigenvalue weighted by Crippen LogP contribution is 1.98. The normalized spacial score (nSPS) is 11.3. The molecule has 0 saturated heterocycles. The van der Waals surface area contributed by atoms with E-state index in [-0.39, 0.29) is 5.91 Å². The zero-order chi connectivity index (χ0) is 9.61. The largest absolute Gasteiger partial charge is 0.381 e. The summed E-state index contributed by atoms with van der Waals surface area (Å²) in [7, 11) is 0. The zero-order valence-electron chi connectivity index (χ0n) is 7.89. The molecule has 0 fully saturated rings. The number of hydrogen-bond donors (Lipinski definition) is 2. The molecule has 0 spiro atoms. The second-order valence-corrected chi connectivity index (χ2v) is 3.01. The van der Waals surface area contributed by atoms with Gasteiger partial charge in [0.2, 0.25) is 0 Å². The summed E-state index contributed by atoms with van der Waals surface area (Å²) >= 11 is 0. The SMILES string of the molecule is CCOCCNC(=O)C(C)(C)O. The van der Waals surface area contributed by atoms with Gasteiger partial charge in [0.15, 0.2) is 0 Å². The Morgan fingerprint density at radius 3 is 2.58 bits per heavy atom. The van der Waals surface area contributed by atoms with Crippen LogP contribution < -0.4 is 5.32 Å². The van der Waals surface area contributed by atoms with Crippen molar-refractivity contribution in [3.05, 3.63) is 0 Å². The molecule has 0 aliphatic rings. The van der Waals surface area contributed by atoms with Gasteiger partial charge in [-0.3, -0.25) is 4.79 Å². The monoisotopic (exact) mass is 175 g/mol. The van der Waals surface area contributed by atoms with Crippen molar-refractivity contribution < 1.29 is 14.6 Å². The minimum absolute atomic E-state index is 0.373. The number of hydrogen-bond acceptors (Lipinski definition) is 3. The second kappa shape index (κ2) is 5.11. The lowest BCUT2D eigenvalue weighted by Crippen LogP contribution is -2.43. The van der Waals surface area contributed by atoms with Gasteiger partial charge < -0.3 is 15.2 Å². The average Bonchev–Trinajstić information content (AvgIpc) is 1.96. The maximum Gasteiger partial charge on any atom is 0.251 e. The molecule has 0 aromatic carbocycles. The van der Waals surface area contributed by atoms with Gasteiger partial charge in [-0.2, -0.15) is 0 Å². The van der Waals surface area contributed by atoms with Crippen LogP contribution in [0.15, 0.2) is 0 Å². The molecule has 4 nitrogen and oxygen atoms in total. The summed E-state index contributed by atoms with van der Waals surface area (Å²) in [6.45, 7) is 6.34. The van der Waals surface area contributed by atoms with Crippen molar-refractivity contribution in [2.24, 2.45) is 0 Å². The highest BCUT2D eigenvalue weighted by atomic mass is 16.5. The van der Waals surface area contributed by atoms with Gasteiger partial charge in [-0.05, 0) is 20.8 Å². The molecule has 72 valence electrons. The molecule has 0 aliphatic carbocycles. The number of rotatable bonds is 5. The Kier molecular flexibility index (Phi) is 4.85. The summed E-state index contributed by atoms with van der Waals surface area (Å²) in [5.41, 5.74) is -1.30. The van der Waals surface area contributed by atoms with E-state index in [0.29, 0.717) is 19.8 Å². The molecule has 4 heteroatoms. The van der Waals surface area contributed by atoms with Crippen LogP contribution in [-0.2, 0) is 9.53 Å². The number of amides is 1. The minimum atomic E-state index is -1.30. The van der Waals surface area contributed by atoms with E-state index in [1.54, 1.807) is 0 Å². The molecule has 0 heterocycles. The number of nitrogens with one attached hydrogen (secondary N) is 1. The van der Waals surface area contributed by atoms with E-state index < -0.39 is 5.60 Å². The third-order valence-electron chi connectivity index (χ3n) is 1.29. The van der Waals surface area contributed by atoms with E-state index in [1.807, 2.05) is 6.92 Å². The third-order valence-corrected chi connectivity index (χ3v) is 1.29. The number of carbonyl (C=O) groups excluding carboxylic acids is 1. The summed E-state index contributed by atoms with van der Waals surface area (Å²) in [5, 5.41) is 11.7. The van der Waals surface area contributed by atoms with Crippen molar-refractivity contribution in [1.29, 1.82) is 0 Å². The smallest absolute Gasteiger partial charge is 0.251 e. The zero-order valence-corrected chi connectivity index (χ0v) is 7.89. The first kappa shape index (κ1) is 11.4. The van der Waals surface area contributed by atoms with Gasteiger partial charge in [0.05, 0.1) is 6.61 Å². The number of carbonyl (C=O) groups is 1. The van der Waals surface area contributed by atoms with Crippen LogP contribution in [-0.4, -0.2) is 36.4 Å². The molecule has 0 aromatic rings. The summed E-state index contributed by atoms with van der Waals surface area (Å²) < 4.78 is 5.00. The molecule has 2 N–H and O–H groups in total. The molecule has 0 saturated carbocycles. The molecule has 12 heavy (non-hydrogen) atoms. The van der Waals surface area contributed by atoms with E-state index >= 15 is 0 Å². The quantitative estimate of drug-likeness (QED) is 0.574. The van der Waals surface area contributed by atoms with E-state index in [1.165, 1.54) is 13.8 Å². The lowest BCUT2D eigenvalue weighted by Gasteiger charge is -2.16. The maximum atomic E-state index is 11.0. The van der Waals surface area contributed by atoms with E-state index in [0.717, 1.165) is 0 Å². The van der Waals surface area contributed by atoms with Crippen molar-refractivity contribution in [2.75, 3.05) is 19.8 Å². The van der Waals surface area contributed by atoms with Crippen LogP contribution in [0.1, 0.15) is 20.8 Å². The predicted octanol–water partition coefficient (Wildman–Crippen LogP) is -0.0900. The van der Waals surface area contributed by atoms with Crippen molar-refractivity contribution in [3.63, 3.8) is 0 Å². The van der Waals surface area contributed by atoms with Gasteiger partial charge >= 0.3 is 0 Å². The Morgan fingerprint density at radius 1 is 1.58 bits per heavy atom. The number of ether oxygens (including phenoxy) is 1. The fourth-order valence-electron chi connectivity index (χ4n) is 0.597. The lowest BCUT2D eigenvalue weighted by atomic mass is 10.1. The van der Waals surface area contributed by atoms with Gasteiger partial charge in [0.25, 0.3) is 5.91 Å². The topological polar surface area (TPSA) is 58.6 Å². The predicted molar refractivity (Wildman–Crippen MR) is 45.8 cm³/mol. The molecular weight excluding hydrogens is 158 g/mol. The van der Waals surface area contributed by atoms with Crippen LogP contribution in [0.3, 0.4) is 0 Å². The molecule has 0 bridgehead atoms. The van der Waals surface area contributed by atoms with E-state index in [4.69, 9.17) is 4.74 Å². The standard InChI is InChI=1S/C8H17NO3/c1-4-12-6-5-9-7(10)8(2,3)11/h11H,4-6H2,1-3H3,(H,9,10). The molecule has 0 unspecified atom stereocenters. The molecule has 0 radical (unpaired) electrons. The molecule has 0 aromatic heterocycles. The van der Waals surface area contributed by atoms with Crippen LogP contribution in [0.5, 0.6) is 0 Å². The van der Waals surface area contributed by atoms with Gasteiger partial charge in [-0.25, -0.2) is 0 Å². The summed E-state index contributed by atoms with van der Waals surface area (Å²) in [4.78, 5) is 11.0. The Morgan fingerprint density at radius 2 is 2.17 bits per heavy atom. The van der Waals surface area contributed by atoms with Gasteiger partial charge in [-0.15, -0.1) is 0 Å². The Balaban J connectivity index is 3.45. The van der Waals surface area contributed by atoms with Crippen molar-refractivity contribution >= 4 is 5.91 Å². The van der Waals surface area contributed by atoms with Crippen LogP contribution >= 0.6 is 0 Å². The molecule has 1 amide bonds. The van der Waals surface area contributed by atoms with Crippen molar-refractivity contribution in [1.82, 2.24) is 5.32 Å². The van der Waals surface area contributed by atoms with Crippen LogP contribution in [0.4, 0.5) is 0 Å². The fourth-order valence-corrected chi connectivity index (χ4v) is 0.597. The number of aliphatic hydroxyl groups is 1. The highest BCUT2D eigenvalue weighted by Gasteiger charge is 2.22. The molecular formula is C8H17NO3. The maximum absolute atomic E-state index is 11.0. The second-order valence-electron chi connectivity index (χ2n) is 3.01. The average molecular weight is 175 g/mol.